The van der Waals surface area contributed by atoms with Crippen LogP contribution in [0.2, 0.25) is 0 Å². The minimum Gasteiger partial charge on any atom is -0.491 e. The minimum absolute atomic E-state index is 0.0156. The van der Waals surface area contributed by atoms with Gasteiger partial charge in [-0.05, 0) is 44.5 Å². The van der Waals surface area contributed by atoms with E-state index >= 15 is 0 Å². The zero-order chi connectivity index (χ0) is 30.4. The van der Waals surface area contributed by atoms with Crippen LogP contribution in [0.25, 0.3) is 10.9 Å². The molecule has 3 aromatic rings. The molecule has 1 aliphatic heterocycles. The summed E-state index contributed by atoms with van der Waals surface area (Å²) >= 11 is 0. The zero-order valence-electron chi connectivity index (χ0n) is 23.8. The molecule has 1 aromatic heterocycles. The number of aliphatic hydroxyl groups excluding tert-OH is 1. The first-order valence-corrected chi connectivity index (χ1v) is 13.6. The van der Waals surface area contributed by atoms with Gasteiger partial charge in [-0.1, -0.05) is 24.3 Å². The van der Waals surface area contributed by atoms with Crippen LogP contribution in [0.3, 0.4) is 0 Å². The molecule has 1 aliphatic rings. The van der Waals surface area contributed by atoms with Crippen LogP contribution in [0.15, 0.2) is 42.5 Å². The minimum atomic E-state index is -1.26. The predicted molar refractivity (Wildman–Crippen MR) is 154 cm³/mol. The van der Waals surface area contributed by atoms with E-state index < -0.39 is 35.8 Å². The fraction of sp³-hybridized carbons (Fsp3) is 0.367. The SMILES string of the molecule is Cc1ccc2cc1OCCNC(=O)CN(C(=O)Cn1c(C)c(C#N)c3ccccc31)CCNC(=O)[C@H]([C@@H](C)O)NC2=O. The van der Waals surface area contributed by atoms with E-state index in [2.05, 4.69) is 22.0 Å². The van der Waals surface area contributed by atoms with Crippen LogP contribution in [0.4, 0.5) is 0 Å². The number of rotatable bonds is 3. The van der Waals surface area contributed by atoms with Crippen molar-refractivity contribution in [1.82, 2.24) is 25.4 Å². The highest BCUT2D eigenvalue weighted by molar-refractivity contribution is 5.98. The second kappa shape index (κ2) is 13.2. The largest absolute Gasteiger partial charge is 0.491 e. The van der Waals surface area contributed by atoms with E-state index in [1.165, 1.54) is 17.9 Å². The molecule has 0 spiro atoms. The van der Waals surface area contributed by atoms with Gasteiger partial charge < -0.3 is 35.3 Å². The summed E-state index contributed by atoms with van der Waals surface area (Å²) in [7, 11) is 0. The summed E-state index contributed by atoms with van der Waals surface area (Å²) in [6.45, 7) is 4.78. The molecule has 2 atom stereocenters. The van der Waals surface area contributed by atoms with Gasteiger partial charge in [0.05, 0.1) is 30.3 Å². The number of para-hydroxylation sites is 1. The molecular formula is C30H34N6O6. The zero-order valence-corrected chi connectivity index (χ0v) is 23.8. The summed E-state index contributed by atoms with van der Waals surface area (Å²) in [4.78, 5) is 53.6. The van der Waals surface area contributed by atoms with Gasteiger partial charge in [-0.15, -0.1) is 0 Å². The monoisotopic (exact) mass is 574 g/mol. The van der Waals surface area contributed by atoms with Gasteiger partial charge in [0.2, 0.25) is 17.7 Å². The summed E-state index contributed by atoms with van der Waals surface area (Å²) in [5, 5.41) is 28.6. The van der Waals surface area contributed by atoms with Crippen LogP contribution in [-0.4, -0.2) is 83.1 Å². The number of hydrogen-bond donors (Lipinski definition) is 4. The summed E-state index contributed by atoms with van der Waals surface area (Å²) in [5.74, 6) is -1.59. The molecule has 2 aromatic carbocycles. The van der Waals surface area contributed by atoms with Gasteiger partial charge in [-0.25, -0.2) is 0 Å². The molecule has 0 fully saturated rings. The molecular weight excluding hydrogens is 540 g/mol. The Kier molecular flexibility index (Phi) is 9.44. The third-order valence-corrected chi connectivity index (χ3v) is 7.19. The summed E-state index contributed by atoms with van der Waals surface area (Å²) in [5.41, 5.74) is 2.83. The van der Waals surface area contributed by atoms with Crippen LogP contribution >= 0.6 is 0 Å². The highest BCUT2D eigenvalue weighted by atomic mass is 16.5. The van der Waals surface area contributed by atoms with Crippen LogP contribution in [0.1, 0.15) is 34.1 Å². The van der Waals surface area contributed by atoms with Gasteiger partial charge >= 0.3 is 0 Å². The van der Waals surface area contributed by atoms with Crippen molar-refractivity contribution >= 4 is 34.5 Å². The lowest BCUT2D eigenvalue weighted by Crippen LogP contribution is -2.54. The van der Waals surface area contributed by atoms with Crippen molar-refractivity contribution in [2.75, 3.05) is 32.8 Å². The molecule has 0 saturated carbocycles. The maximum atomic E-state index is 13.5. The number of hydrogen-bond acceptors (Lipinski definition) is 7. The van der Waals surface area contributed by atoms with Gasteiger partial charge in [0.15, 0.2) is 0 Å². The van der Waals surface area contributed by atoms with Crippen molar-refractivity contribution in [2.24, 2.45) is 0 Å². The number of fused-ring (bicyclic) bond motifs is 3. The van der Waals surface area contributed by atoms with E-state index in [0.717, 1.165) is 16.5 Å². The third kappa shape index (κ3) is 6.70. The summed E-state index contributed by atoms with van der Waals surface area (Å²) < 4.78 is 7.52. The Hall–Kier alpha value is -4.89. The van der Waals surface area contributed by atoms with Crippen molar-refractivity contribution in [3.05, 3.63) is 64.8 Å². The van der Waals surface area contributed by atoms with Crippen molar-refractivity contribution in [3.8, 4) is 11.8 Å². The number of benzene rings is 2. The molecule has 0 saturated heterocycles. The first-order valence-electron chi connectivity index (χ1n) is 13.6. The number of nitrogens with one attached hydrogen (secondary N) is 3. The van der Waals surface area contributed by atoms with Crippen LogP contribution in [0.5, 0.6) is 5.75 Å². The maximum absolute atomic E-state index is 13.5. The van der Waals surface area contributed by atoms with Gasteiger partial charge in [0, 0.05) is 29.7 Å². The summed E-state index contributed by atoms with van der Waals surface area (Å²) in [6.07, 6.45) is -1.21. The smallest absolute Gasteiger partial charge is 0.252 e. The van der Waals surface area contributed by atoms with Crippen molar-refractivity contribution in [1.29, 1.82) is 5.26 Å². The molecule has 12 heteroatoms. The van der Waals surface area contributed by atoms with E-state index in [0.29, 0.717) is 17.0 Å². The molecule has 0 aliphatic carbocycles. The standard InChI is InChI=1S/C30H34N6O6/c1-18-8-9-21-14-25(18)42-13-11-32-26(38)16-35(12-10-33-30(41)28(20(3)37)34-29(21)40)27(39)17-36-19(2)23(15-31)22-6-4-5-7-24(22)36/h4-9,14,20,28,37H,10-13,16-17H2,1-3H3,(H,32,38)(H,33,41)(H,34,40)/t20-,28+/m1/s1. The number of nitrogens with zero attached hydrogens (tertiary/aromatic N) is 3. The molecule has 2 heterocycles. The Morgan fingerprint density at radius 2 is 1.90 bits per heavy atom. The predicted octanol–water partition coefficient (Wildman–Crippen LogP) is 0.763. The molecule has 12 nitrogen and oxygen atoms in total. The van der Waals surface area contributed by atoms with Crippen molar-refractivity contribution < 1.29 is 29.0 Å². The number of aromatic nitrogens is 1. The normalized spacial score (nSPS) is 17.7. The van der Waals surface area contributed by atoms with Gasteiger partial charge in [0.25, 0.3) is 5.91 Å². The van der Waals surface area contributed by atoms with Gasteiger partial charge in [0.1, 0.15) is 31.0 Å². The van der Waals surface area contributed by atoms with E-state index in [9.17, 15) is 29.5 Å². The molecule has 0 unspecified atom stereocenters. The quantitative estimate of drug-likeness (QED) is 0.359. The molecule has 4 amide bonds. The van der Waals surface area contributed by atoms with Crippen LogP contribution in [-0.2, 0) is 20.9 Å². The van der Waals surface area contributed by atoms with Crippen molar-refractivity contribution in [3.63, 3.8) is 0 Å². The first-order chi connectivity index (χ1) is 20.1. The third-order valence-electron chi connectivity index (χ3n) is 7.19. The van der Waals surface area contributed by atoms with E-state index in [1.807, 2.05) is 31.2 Å². The highest BCUT2D eigenvalue weighted by Crippen LogP contribution is 2.25. The van der Waals surface area contributed by atoms with E-state index in [4.69, 9.17) is 4.74 Å². The molecule has 2 bridgehead atoms. The first kappa shape index (κ1) is 30.1. The number of aryl methyl sites for hydroxylation is 1. The molecule has 4 N–H and O–H groups in total. The molecule has 4 rings (SSSR count). The lowest BCUT2D eigenvalue weighted by molar-refractivity contribution is -0.136. The lowest BCUT2D eigenvalue weighted by Gasteiger charge is -2.25. The Labute approximate surface area is 243 Å². The fourth-order valence-corrected chi connectivity index (χ4v) is 4.83. The van der Waals surface area contributed by atoms with Crippen LogP contribution in [0, 0.1) is 25.2 Å². The average molecular weight is 575 g/mol. The Morgan fingerprint density at radius 1 is 1.14 bits per heavy atom. The van der Waals surface area contributed by atoms with E-state index in [1.54, 1.807) is 23.6 Å². The Balaban J connectivity index is 1.57. The molecule has 42 heavy (non-hydrogen) atoms. The molecule has 0 radical (unpaired) electrons. The van der Waals surface area contributed by atoms with Gasteiger partial charge in [-0.2, -0.15) is 5.26 Å². The Bertz CT molecular complexity index is 1560. The number of ether oxygens (including phenoxy) is 1. The molecule has 220 valence electrons. The average Bonchev–Trinajstić information content (AvgIpc) is 3.23. The van der Waals surface area contributed by atoms with Crippen molar-refractivity contribution in [2.45, 2.75) is 39.5 Å². The maximum Gasteiger partial charge on any atom is 0.252 e. The number of amides is 4. The number of nitriles is 1. The van der Waals surface area contributed by atoms with E-state index in [-0.39, 0.29) is 44.9 Å². The van der Waals surface area contributed by atoms with Gasteiger partial charge in [-0.3, -0.25) is 19.2 Å². The van der Waals surface area contributed by atoms with Crippen LogP contribution < -0.4 is 20.7 Å². The number of carbonyl (C=O) groups excluding carboxylic acids is 4. The second-order valence-corrected chi connectivity index (χ2v) is 10.2. The summed E-state index contributed by atoms with van der Waals surface area (Å²) in [6, 6.07) is 13.0. The number of aliphatic hydroxyl groups is 1. The second-order valence-electron chi connectivity index (χ2n) is 10.2. The Morgan fingerprint density at radius 3 is 2.64 bits per heavy atom. The lowest BCUT2D eigenvalue weighted by atomic mass is 10.1. The number of carbonyl (C=O) groups is 4. The topological polar surface area (TPSA) is 166 Å². The highest BCUT2D eigenvalue weighted by Gasteiger charge is 2.27. The fourth-order valence-electron chi connectivity index (χ4n) is 4.83.